The molecule has 1 N–H and O–H groups in total. The maximum absolute atomic E-state index is 5.51. The van der Waals surface area contributed by atoms with Gasteiger partial charge in [-0.3, -0.25) is 0 Å². The summed E-state index contributed by atoms with van der Waals surface area (Å²) < 4.78 is 2.03. The van der Waals surface area contributed by atoms with Gasteiger partial charge in [-0.05, 0) is 6.92 Å². The van der Waals surface area contributed by atoms with Gasteiger partial charge in [0.05, 0.1) is 0 Å². The Morgan fingerprint density at radius 1 is 1.73 bits per heavy atom. The third-order valence-electron chi connectivity index (χ3n) is 1.43. The quantitative estimate of drug-likeness (QED) is 0.701. The first-order chi connectivity index (χ1) is 5.38. The predicted octanol–water partition coefficient (Wildman–Crippen LogP) is 1.55. The molecule has 0 aliphatic heterocycles. The van der Waals surface area contributed by atoms with Crippen molar-refractivity contribution in [3.8, 4) is 0 Å². The summed E-state index contributed by atoms with van der Waals surface area (Å²) in [4.78, 5) is 4.12. The highest BCUT2D eigenvalue weighted by Gasteiger charge is 1.96. The SMILES string of the molecule is CCn1ccnc1NCCCl. The van der Waals surface area contributed by atoms with Gasteiger partial charge in [0.15, 0.2) is 0 Å². The second-order valence-corrected chi connectivity index (χ2v) is 2.53. The minimum atomic E-state index is 0.608. The van der Waals surface area contributed by atoms with Gasteiger partial charge in [-0.1, -0.05) is 0 Å². The molecule has 0 aromatic carbocycles. The Morgan fingerprint density at radius 2 is 2.55 bits per heavy atom. The number of aryl methyl sites for hydroxylation is 1. The van der Waals surface area contributed by atoms with Crippen molar-refractivity contribution in [1.29, 1.82) is 0 Å². The van der Waals surface area contributed by atoms with Crippen LogP contribution in [0.2, 0.25) is 0 Å². The summed E-state index contributed by atoms with van der Waals surface area (Å²) in [6.45, 7) is 3.77. The molecule has 1 aromatic heterocycles. The Hall–Kier alpha value is -0.700. The lowest BCUT2D eigenvalue weighted by molar-refractivity contribution is 0.765. The van der Waals surface area contributed by atoms with Crippen LogP contribution in [0, 0.1) is 0 Å². The van der Waals surface area contributed by atoms with Crippen molar-refractivity contribution in [3.63, 3.8) is 0 Å². The molecule has 4 heteroatoms. The molecule has 0 unspecified atom stereocenters. The highest BCUT2D eigenvalue weighted by atomic mass is 35.5. The van der Waals surface area contributed by atoms with Crippen LogP contribution in [0.4, 0.5) is 5.95 Å². The van der Waals surface area contributed by atoms with E-state index >= 15 is 0 Å². The number of alkyl halides is 1. The van der Waals surface area contributed by atoms with E-state index in [9.17, 15) is 0 Å². The topological polar surface area (TPSA) is 29.9 Å². The average molecular weight is 174 g/mol. The number of hydrogen-bond acceptors (Lipinski definition) is 2. The van der Waals surface area contributed by atoms with E-state index in [-0.39, 0.29) is 0 Å². The highest BCUT2D eigenvalue weighted by Crippen LogP contribution is 2.02. The van der Waals surface area contributed by atoms with Gasteiger partial charge in [-0.25, -0.2) is 4.98 Å². The molecule has 1 heterocycles. The first-order valence-electron chi connectivity index (χ1n) is 3.69. The van der Waals surface area contributed by atoms with Crippen molar-refractivity contribution in [2.75, 3.05) is 17.7 Å². The van der Waals surface area contributed by atoms with Gasteiger partial charge in [0.2, 0.25) is 5.95 Å². The Bertz CT molecular complexity index is 209. The second kappa shape index (κ2) is 4.23. The summed E-state index contributed by atoms with van der Waals surface area (Å²) in [7, 11) is 0. The third kappa shape index (κ3) is 2.12. The summed E-state index contributed by atoms with van der Waals surface area (Å²) in [5, 5.41) is 3.11. The summed E-state index contributed by atoms with van der Waals surface area (Å²) in [6.07, 6.45) is 3.72. The zero-order valence-corrected chi connectivity index (χ0v) is 7.30. The number of halogens is 1. The molecule has 0 bridgehead atoms. The van der Waals surface area contributed by atoms with Gasteiger partial charge < -0.3 is 9.88 Å². The van der Waals surface area contributed by atoms with Crippen molar-refractivity contribution in [2.45, 2.75) is 13.5 Å². The highest BCUT2D eigenvalue weighted by molar-refractivity contribution is 6.18. The normalized spacial score (nSPS) is 10.0. The molecule has 0 spiro atoms. The van der Waals surface area contributed by atoms with Gasteiger partial charge >= 0.3 is 0 Å². The second-order valence-electron chi connectivity index (χ2n) is 2.15. The molecule has 3 nitrogen and oxygen atoms in total. The molecule has 0 atom stereocenters. The smallest absolute Gasteiger partial charge is 0.202 e. The van der Waals surface area contributed by atoms with E-state index in [0.29, 0.717) is 5.88 Å². The zero-order chi connectivity index (χ0) is 8.10. The fourth-order valence-corrected chi connectivity index (χ4v) is 0.985. The van der Waals surface area contributed by atoms with E-state index in [1.54, 1.807) is 6.20 Å². The van der Waals surface area contributed by atoms with Crippen molar-refractivity contribution < 1.29 is 0 Å². The van der Waals surface area contributed by atoms with Gasteiger partial charge in [0, 0.05) is 31.4 Å². The summed E-state index contributed by atoms with van der Waals surface area (Å²) in [5.41, 5.74) is 0. The van der Waals surface area contributed by atoms with Gasteiger partial charge in [0.1, 0.15) is 0 Å². The molecular formula is C7H12ClN3. The zero-order valence-electron chi connectivity index (χ0n) is 6.55. The van der Waals surface area contributed by atoms with E-state index in [2.05, 4.69) is 17.2 Å². The molecule has 0 radical (unpaired) electrons. The Kier molecular flexibility index (Phi) is 3.23. The number of aromatic nitrogens is 2. The summed E-state index contributed by atoms with van der Waals surface area (Å²) >= 11 is 5.51. The van der Waals surface area contributed by atoms with E-state index in [1.807, 2.05) is 10.8 Å². The number of anilines is 1. The summed E-state index contributed by atoms with van der Waals surface area (Å²) in [6, 6.07) is 0. The maximum atomic E-state index is 5.51. The fraction of sp³-hybridized carbons (Fsp3) is 0.571. The van der Waals surface area contributed by atoms with Crippen LogP contribution in [0.3, 0.4) is 0 Å². The lowest BCUT2D eigenvalue weighted by Gasteiger charge is -2.04. The predicted molar refractivity (Wildman–Crippen MR) is 47.1 cm³/mol. The Balaban J connectivity index is 2.54. The van der Waals surface area contributed by atoms with Crippen LogP contribution in [-0.2, 0) is 6.54 Å². The molecule has 0 saturated heterocycles. The molecule has 1 rings (SSSR count). The van der Waals surface area contributed by atoms with Crippen LogP contribution in [-0.4, -0.2) is 22.0 Å². The number of hydrogen-bond donors (Lipinski definition) is 1. The van der Waals surface area contributed by atoms with E-state index < -0.39 is 0 Å². The van der Waals surface area contributed by atoms with Crippen molar-refractivity contribution in [2.24, 2.45) is 0 Å². The van der Waals surface area contributed by atoms with Crippen LogP contribution in [0.5, 0.6) is 0 Å². The number of nitrogens with one attached hydrogen (secondary N) is 1. The van der Waals surface area contributed by atoms with Gasteiger partial charge in [-0.15, -0.1) is 11.6 Å². The average Bonchev–Trinajstić information content (AvgIpc) is 2.47. The fourth-order valence-electron chi connectivity index (χ4n) is 0.891. The number of nitrogens with zero attached hydrogens (tertiary/aromatic N) is 2. The largest absolute Gasteiger partial charge is 0.354 e. The lowest BCUT2D eigenvalue weighted by atomic mass is 10.7. The molecular weight excluding hydrogens is 162 g/mol. The Morgan fingerprint density at radius 3 is 3.18 bits per heavy atom. The van der Waals surface area contributed by atoms with Gasteiger partial charge in [0.25, 0.3) is 0 Å². The van der Waals surface area contributed by atoms with Crippen LogP contribution in [0.1, 0.15) is 6.92 Å². The molecule has 62 valence electrons. The molecule has 0 amide bonds. The standard InChI is InChI=1S/C7H12ClN3/c1-2-11-6-5-10-7(11)9-4-3-8/h5-6H,2-4H2,1H3,(H,9,10). The molecule has 0 fully saturated rings. The van der Waals surface area contributed by atoms with E-state index in [1.165, 1.54) is 0 Å². The summed E-state index contributed by atoms with van der Waals surface area (Å²) in [5.74, 6) is 1.50. The van der Waals surface area contributed by atoms with Crippen molar-refractivity contribution >= 4 is 17.5 Å². The minimum Gasteiger partial charge on any atom is -0.354 e. The molecule has 1 aromatic rings. The first kappa shape index (κ1) is 8.40. The van der Waals surface area contributed by atoms with E-state index in [0.717, 1.165) is 19.0 Å². The van der Waals surface area contributed by atoms with Crippen LogP contribution >= 0.6 is 11.6 Å². The van der Waals surface area contributed by atoms with E-state index in [4.69, 9.17) is 11.6 Å². The van der Waals surface area contributed by atoms with Gasteiger partial charge in [-0.2, -0.15) is 0 Å². The van der Waals surface area contributed by atoms with Crippen LogP contribution in [0.25, 0.3) is 0 Å². The van der Waals surface area contributed by atoms with Crippen molar-refractivity contribution in [1.82, 2.24) is 9.55 Å². The first-order valence-corrected chi connectivity index (χ1v) is 4.23. The lowest BCUT2D eigenvalue weighted by Crippen LogP contribution is -2.08. The van der Waals surface area contributed by atoms with Crippen LogP contribution in [0.15, 0.2) is 12.4 Å². The molecule has 0 saturated carbocycles. The van der Waals surface area contributed by atoms with Crippen molar-refractivity contribution in [3.05, 3.63) is 12.4 Å². The van der Waals surface area contributed by atoms with Crippen LogP contribution < -0.4 is 5.32 Å². The molecule has 0 aliphatic carbocycles. The molecule has 0 aliphatic rings. The number of rotatable bonds is 4. The minimum absolute atomic E-state index is 0.608. The Labute approximate surface area is 71.4 Å². The number of imidazole rings is 1. The molecule has 11 heavy (non-hydrogen) atoms. The monoisotopic (exact) mass is 173 g/mol. The maximum Gasteiger partial charge on any atom is 0.202 e. The third-order valence-corrected chi connectivity index (χ3v) is 1.62.